The summed E-state index contributed by atoms with van der Waals surface area (Å²) in [4.78, 5) is 4.27. The first-order valence-corrected chi connectivity index (χ1v) is 10.7. The van der Waals surface area contributed by atoms with Crippen molar-refractivity contribution < 1.29 is 21.7 Å². The predicted octanol–water partition coefficient (Wildman–Crippen LogP) is 3.13. The summed E-state index contributed by atoms with van der Waals surface area (Å²) >= 11 is 0. The monoisotopic (exact) mass is 397 g/mol. The second-order valence-corrected chi connectivity index (χ2v) is 9.63. The zero-order valence-electron chi connectivity index (χ0n) is 15.4. The molecule has 0 unspecified atom stereocenters. The van der Waals surface area contributed by atoms with Crippen LogP contribution in [0.3, 0.4) is 0 Å². The largest absolute Gasteiger partial charge is 0.338 e. The molecule has 2 heterocycles. The first kappa shape index (κ1) is 18.5. The summed E-state index contributed by atoms with van der Waals surface area (Å²) in [7, 11) is -3.37. The van der Waals surface area contributed by atoms with Gasteiger partial charge in [-0.1, -0.05) is 22.9 Å². The summed E-state index contributed by atoms with van der Waals surface area (Å²) in [5.74, 6) is -3.89. The molecule has 1 aromatic heterocycles. The molecule has 1 saturated heterocycles. The van der Waals surface area contributed by atoms with E-state index in [2.05, 4.69) is 10.1 Å². The van der Waals surface area contributed by atoms with Gasteiger partial charge in [0.1, 0.15) is 5.92 Å². The van der Waals surface area contributed by atoms with Crippen molar-refractivity contribution >= 4 is 10.0 Å². The third-order valence-corrected chi connectivity index (χ3v) is 7.21. The number of hydrogen-bond acceptors (Lipinski definition) is 5. The lowest BCUT2D eigenvalue weighted by Gasteiger charge is -2.30. The number of piperidine rings is 1. The number of hydrogen-bond donors (Lipinski definition) is 0. The molecule has 1 aliphatic carbocycles. The van der Waals surface area contributed by atoms with E-state index in [-0.39, 0.29) is 31.8 Å². The molecule has 1 atom stereocenters. The van der Waals surface area contributed by atoms with Crippen LogP contribution in [-0.4, -0.2) is 48.1 Å². The van der Waals surface area contributed by atoms with Gasteiger partial charge in [-0.05, 0) is 38.3 Å². The van der Waals surface area contributed by atoms with E-state index >= 15 is 0 Å². The Morgan fingerprint density at radius 3 is 2.52 bits per heavy atom. The molecule has 1 saturated carbocycles. The molecule has 6 nitrogen and oxygen atoms in total. The number of nitrogens with zero attached hydrogens (tertiary/aromatic N) is 3. The number of rotatable bonds is 3. The minimum atomic E-state index is -3.37. The zero-order valence-corrected chi connectivity index (χ0v) is 16.2. The number of benzene rings is 1. The Morgan fingerprint density at radius 2 is 1.89 bits per heavy atom. The summed E-state index contributed by atoms with van der Waals surface area (Å²) in [5.41, 5.74) is 1.42. The van der Waals surface area contributed by atoms with Gasteiger partial charge in [0.2, 0.25) is 21.7 Å². The molecule has 2 fully saturated rings. The molecule has 1 aliphatic heterocycles. The lowest BCUT2D eigenvalue weighted by Crippen LogP contribution is -2.40. The Kier molecular flexibility index (Phi) is 3.98. The molecule has 0 radical (unpaired) electrons. The van der Waals surface area contributed by atoms with Crippen LogP contribution >= 0.6 is 0 Å². The highest BCUT2D eigenvalue weighted by molar-refractivity contribution is 7.88. The molecule has 27 heavy (non-hydrogen) atoms. The van der Waals surface area contributed by atoms with Crippen molar-refractivity contribution in [3.8, 4) is 11.4 Å². The van der Waals surface area contributed by atoms with Gasteiger partial charge in [0.25, 0.3) is 5.92 Å². The van der Waals surface area contributed by atoms with E-state index in [1.54, 1.807) is 0 Å². The molecule has 146 valence electrons. The first-order valence-electron chi connectivity index (χ1n) is 8.80. The summed E-state index contributed by atoms with van der Waals surface area (Å²) in [6.07, 6.45) is 1.26. The SMILES string of the molecule is Cc1ccc(C)c(-c2noc([C@@H]3C(F)(F)C34CCN(S(C)(=O)=O)CC4)n2)c1. The second-order valence-electron chi connectivity index (χ2n) is 7.65. The van der Waals surface area contributed by atoms with Crippen LogP contribution in [0.2, 0.25) is 0 Å². The Bertz CT molecular complexity index is 995. The van der Waals surface area contributed by atoms with Gasteiger partial charge in [0, 0.05) is 18.7 Å². The smallest absolute Gasteiger partial charge is 0.266 e. The van der Waals surface area contributed by atoms with Crippen LogP contribution in [-0.2, 0) is 10.0 Å². The summed E-state index contributed by atoms with van der Waals surface area (Å²) in [6.45, 7) is 4.01. The standard InChI is InChI=1S/C18H21F2N3O3S/c1-11-4-5-12(2)13(10-11)15-21-16(26-22-15)14-17(18(14,19)20)6-8-23(9-7-17)27(3,24)25/h4-5,10,14H,6-9H2,1-3H3/t14-/m0/s1. The summed E-state index contributed by atoms with van der Waals surface area (Å²) in [5, 5.41) is 3.92. The van der Waals surface area contributed by atoms with Crippen LogP contribution in [0.25, 0.3) is 11.4 Å². The van der Waals surface area contributed by atoms with Crippen LogP contribution in [0.1, 0.15) is 35.8 Å². The first-order chi connectivity index (χ1) is 12.6. The molecular weight excluding hydrogens is 376 g/mol. The maximum Gasteiger partial charge on any atom is 0.266 e. The molecule has 1 spiro atoms. The minimum absolute atomic E-state index is 0.0660. The number of aromatic nitrogens is 2. The number of alkyl halides is 2. The van der Waals surface area contributed by atoms with Gasteiger partial charge < -0.3 is 4.52 Å². The van der Waals surface area contributed by atoms with Crippen molar-refractivity contribution in [2.24, 2.45) is 5.41 Å². The van der Waals surface area contributed by atoms with Crippen molar-refractivity contribution in [3.63, 3.8) is 0 Å². The summed E-state index contributed by atoms with van der Waals surface area (Å²) in [6, 6.07) is 5.78. The minimum Gasteiger partial charge on any atom is -0.338 e. The maximum atomic E-state index is 14.7. The highest BCUT2D eigenvalue weighted by Gasteiger charge is 2.82. The van der Waals surface area contributed by atoms with Gasteiger partial charge in [-0.25, -0.2) is 21.5 Å². The highest BCUT2D eigenvalue weighted by atomic mass is 32.2. The van der Waals surface area contributed by atoms with Gasteiger partial charge in [0.05, 0.1) is 11.7 Å². The van der Waals surface area contributed by atoms with E-state index in [9.17, 15) is 17.2 Å². The van der Waals surface area contributed by atoms with Crippen LogP contribution in [0.5, 0.6) is 0 Å². The lowest BCUT2D eigenvalue weighted by atomic mass is 9.91. The molecular formula is C18H21F2N3O3S. The van der Waals surface area contributed by atoms with E-state index in [0.29, 0.717) is 5.82 Å². The fourth-order valence-electron chi connectivity index (χ4n) is 4.18. The Hall–Kier alpha value is -1.87. The van der Waals surface area contributed by atoms with Gasteiger partial charge in [-0.2, -0.15) is 4.98 Å². The Morgan fingerprint density at radius 1 is 1.22 bits per heavy atom. The second kappa shape index (κ2) is 5.81. The van der Waals surface area contributed by atoms with E-state index in [4.69, 9.17) is 4.52 Å². The topological polar surface area (TPSA) is 76.3 Å². The molecule has 4 rings (SSSR count). The fourth-order valence-corrected chi connectivity index (χ4v) is 5.02. The molecule has 0 bridgehead atoms. The highest BCUT2D eigenvalue weighted by Crippen LogP contribution is 2.75. The lowest BCUT2D eigenvalue weighted by molar-refractivity contribution is 0.0406. The zero-order chi connectivity index (χ0) is 19.6. The normalized spacial score (nSPS) is 24.3. The van der Waals surface area contributed by atoms with Crippen LogP contribution in [0.4, 0.5) is 8.78 Å². The molecule has 1 aromatic carbocycles. The third kappa shape index (κ3) is 2.79. The molecule has 9 heteroatoms. The molecule has 0 N–H and O–H groups in total. The maximum absolute atomic E-state index is 14.7. The quantitative estimate of drug-likeness (QED) is 0.795. The summed E-state index contributed by atoms with van der Waals surface area (Å²) < 4.78 is 59.2. The van der Waals surface area contributed by atoms with Crippen molar-refractivity contribution in [3.05, 3.63) is 35.2 Å². The van der Waals surface area contributed by atoms with Crippen molar-refractivity contribution in [2.75, 3.05) is 19.3 Å². The van der Waals surface area contributed by atoms with E-state index in [1.807, 2.05) is 32.0 Å². The average Bonchev–Trinajstić information content (AvgIpc) is 2.90. The molecule has 2 aromatic rings. The van der Waals surface area contributed by atoms with E-state index in [0.717, 1.165) is 22.9 Å². The average molecular weight is 397 g/mol. The van der Waals surface area contributed by atoms with Crippen LogP contribution in [0, 0.1) is 19.3 Å². The van der Waals surface area contributed by atoms with Gasteiger partial charge in [0.15, 0.2) is 0 Å². The van der Waals surface area contributed by atoms with E-state index < -0.39 is 27.3 Å². The third-order valence-electron chi connectivity index (χ3n) is 5.90. The fraction of sp³-hybridized carbons (Fsp3) is 0.556. The number of sulfonamides is 1. The molecule has 0 amide bonds. The molecule has 2 aliphatic rings. The Balaban J connectivity index is 1.60. The van der Waals surface area contributed by atoms with Gasteiger partial charge >= 0.3 is 0 Å². The number of aryl methyl sites for hydroxylation is 2. The van der Waals surface area contributed by atoms with Crippen LogP contribution in [0.15, 0.2) is 22.7 Å². The Labute approximate surface area is 156 Å². The van der Waals surface area contributed by atoms with Crippen LogP contribution < -0.4 is 0 Å². The number of halogens is 2. The van der Waals surface area contributed by atoms with Gasteiger partial charge in [-0.3, -0.25) is 0 Å². The van der Waals surface area contributed by atoms with Crippen molar-refractivity contribution in [1.82, 2.24) is 14.4 Å². The van der Waals surface area contributed by atoms with Crippen molar-refractivity contribution in [2.45, 2.75) is 38.5 Å². The van der Waals surface area contributed by atoms with Gasteiger partial charge in [-0.15, -0.1) is 0 Å². The van der Waals surface area contributed by atoms with E-state index in [1.165, 1.54) is 4.31 Å². The van der Waals surface area contributed by atoms with Crippen molar-refractivity contribution in [1.29, 1.82) is 0 Å². The predicted molar refractivity (Wildman–Crippen MR) is 95.0 cm³/mol.